The van der Waals surface area contributed by atoms with Crippen molar-refractivity contribution >= 4 is 28.7 Å². The number of anilines is 1. The Kier molecular flexibility index (Phi) is 7.57. The lowest BCUT2D eigenvalue weighted by Gasteiger charge is -2.34. The van der Waals surface area contributed by atoms with Gasteiger partial charge in [0.1, 0.15) is 6.61 Å². The van der Waals surface area contributed by atoms with Crippen molar-refractivity contribution in [2.24, 2.45) is 0 Å². The van der Waals surface area contributed by atoms with Gasteiger partial charge in [0.25, 0.3) is 0 Å². The highest BCUT2D eigenvalue weighted by Crippen LogP contribution is 2.44. The number of nitrogens with zero attached hydrogens (tertiary/aromatic N) is 4. The van der Waals surface area contributed by atoms with Crippen molar-refractivity contribution in [3.63, 3.8) is 0 Å². The van der Waals surface area contributed by atoms with Crippen molar-refractivity contribution in [2.75, 3.05) is 57.8 Å². The van der Waals surface area contributed by atoms with Crippen LogP contribution in [0.3, 0.4) is 0 Å². The Bertz CT molecular complexity index is 1540. The average molecular weight is 551 g/mol. The molecule has 0 spiro atoms. The van der Waals surface area contributed by atoms with Gasteiger partial charge in [0.2, 0.25) is 0 Å². The number of aromatic nitrogens is 1. The van der Waals surface area contributed by atoms with Gasteiger partial charge in [-0.2, -0.15) is 0 Å². The number of benzene rings is 3. The Hall–Kier alpha value is -4.43. The molecule has 1 N–H and O–H groups in total. The monoisotopic (exact) mass is 550 g/mol. The molecule has 1 aliphatic carbocycles. The second-order valence-corrected chi connectivity index (χ2v) is 10.8. The van der Waals surface area contributed by atoms with E-state index in [0.29, 0.717) is 30.6 Å². The van der Waals surface area contributed by atoms with Gasteiger partial charge in [-0.05, 0) is 59.5 Å². The van der Waals surface area contributed by atoms with Crippen LogP contribution in [0.5, 0.6) is 0 Å². The number of carboxylic acids is 1. The minimum Gasteiger partial charge on any atom is -0.478 e. The topological polar surface area (TPSA) is 86.2 Å². The lowest BCUT2D eigenvalue weighted by molar-refractivity contribution is 0.0697. The molecule has 1 saturated heterocycles. The first-order valence-electron chi connectivity index (χ1n) is 14.1. The highest BCUT2D eigenvalue weighted by molar-refractivity contribution is 6.03. The zero-order valence-electron chi connectivity index (χ0n) is 23.2. The second-order valence-electron chi connectivity index (χ2n) is 10.8. The molecule has 4 aromatic rings. The summed E-state index contributed by atoms with van der Waals surface area (Å²) < 4.78 is 5.85. The van der Waals surface area contributed by atoms with Crippen molar-refractivity contribution in [3.05, 3.63) is 95.7 Å². The number of pyridine rings is 1. The number of aromatic carboxylic acids is 1. The molecule has 3 aromatic carbocycles. The largest absolute Gasteiger partial charge is 0.478 e. The van der Waals surface area contributed by atoms with Crippen LogP contribution < -0.4 is 4.90 Å². The van der Waals surface area contributed by atoms with Crippen molar-refractivity contribution in [1.82, 2.24) is 14.8 Å². The van der Waals surface area contributed by atoms with E-state index in [-0.39, 0.29) is 17.6 Å². The van der Waals surface area contributed by atoms with E-state index in [1.54, 1.807) is 0 Å². The number of ether oxygens (including phenoxy) is 1. The fourth-order valence-corrected chi connectivity index (χ4v) is 6.06. The fraction of sp³-hybridized carbons (Fsp3) is 0.303. The van der Waals surface area contributed by atoms with Crippen LogP contribution in [0.2, 0.25) is 0 Å². The minimum atomic E-state index is -0.950. The fourth-order valence-electron chi connectivity index (χ4n) is 6.06. The quantitative estimate of drug-likeness (QED) is 0.318. The number of rotatable bonds is 8. The number of amides is 1. The Balaban J connectivity index is 0.969. The first kappa shape index (κ1) is 26.8. The maximum atomic E-state index is 12.9. The van der Waals surface area contributed by atoms with Crippen LogP contribution in [0.15, 0.2) is 79.0 Å². The molecule has 210 valence electrons. The summed E-state index contributed by atoms with van der Waals surface area (Å²) in [6.07, 6.45) is 2.25. The second kappa shape index (κ2) is 11.6. The van der Waals surface area contributed by atoms with Crippen LogP contribution in [-0.2, 0) is 4.74 Å². The molecule has 1 fully saturated rings. The first-order chi connectivity index (χ1) is 20.0. The SMILES string of the molecule is CN(CCCN1CCN(C(=O)OCC2c3ccccc3-c3ccccc32)CC1)c1ccc2nccc(C(=O)O)c2c1. The van der Waals surface area contributed by atoms with Crippen molar-refractivity contribution in [3.8, 4) is 11.1 Å². The lowest BCUT2D eigenvalue weighted by Crippen LogP contribution is -2.49. The van der Waals surface area contributed by atoms with E-state index in [1.807, 2.05) is 42.3 Å². The highest BCUT2D eigenvalue weighted by atomic mass is 16.6. The van der Waals surface area contributed by atoms with E-state index in [4.69, 9.17) is 4.74 Å². The van der Waals surface area contributed by atoms with Gasteiger partial charge in [-0.3, -0.25) is 9.88 Å². The van der Waals surface area contributed by atoms with Crippen LogP contribution in [0, 0.1) is 0 Å². The number of carbonyl (C=O) groups excluding carboxylic acids is 1. The standard InChI is InChI=1S/C33H34N4O4/c1-35(23-11-12-31-29(21-23)28(32(38)39)13-14-34-31)15-6-16-36-17-19-37(20-18-36)33(40)41-22-30-26-9-4-2-7-24(26)25-8-3-5-10-27(25)30/h2-5,7-14,21,30H,6,15-20,22H2,1H3,(H,38,39). The summed E-state index contributed by atoms with van der Waals surface area (Å²) in [6.45, 7) is 5.05. The molecule has 1 amide bonds. The molecule has 0 radical (unpaired) electrons. The Morgan fingerprint density at radius 2 is 1.63 bits per heavy atom. The summed E-state index contributed by atoms with van der Waals surface area (Å²) in [5.41, 5.74) is 6.80. The van der Waals surface area contributed by atoms with Crippen molar-refractivity contribution in [2.45, 2.75) is 12.3 Å². The smallest absolute Gasteiger partial charge is 0.409 e. The normalized spacial score (nSPS) is 15.0. The van der Waals surface area contributed by atoms with Gasteiger partial charge < -0.3 is 19.6 Å². The number of hydrogen-bond acceptors (Lipinski definition) is 6. The van der Waals surface area contributed by atoms with Crippen LogP contribution in [-0.4, -0.2) is 84.9 Å². The van der Waals surface area contributed by atoms with E-state index in [2.05, 4.69) is 51.2 Å². The Morgan fingerprint density at radius 3 is 2.32 bits per heavy atom. The molecule has 8 heteroatoms. The molecule has 8 nitrogen and oxygen atoms in total. The van der Waals surface area contributed by atoms with Crippen LogP contribution >= 0.6 is 0 Å². The molecular formula is C33H34N4O4. The average Bonchev–Trinajstić information content (AvgIpc) is 3.33. The predicted octanol–water partition coefficient (Wildman–Crippen LogP) is 5.33. The molecular weight excluding hydrogens is 516 g/mol. The molecule has 0 bridgehead atoms. The molecule has 1 aromatic heterocycles. The van der Waals surface area contributed by atoms with Crippen LogP contribution in [0.25, 0.3) is 22.0 Å². The maximum Gasteiger partial charge on any atom is 0.409 e. The third-order valence-electron chi connectivity index (χ3n) is 8.33. The minimum absolute atomic E-state index is 0.0687. The highest BCUT2D eigenvalue weighted by Gasteiger charge is 2.30. The summed E-state index contributed by atoms with van der Waals surface area (Å²) in [6, 6.07) is 24.0. The third-order valence-corrected chi connectivity index (χ3v) is 8.33. The van der Waals surface area contributed by atoms with Gasteiger partial charge in [0.15, 0.2) is 0 Å². The molecule has 41 heavy (non-hydrogen) atoms. The van der Waals surface area contributed by atoms with Crippen molar-refractivity contribution < 1.29 is 19.4 Å². The number of carboxylic acid groups (broad SMARTS) is 1. The van der Waals surface area contributed by atoms with Gasteiger partial charge in [-0.25, -0.2) is 9.59 Å². The van der Waals surface area contributed by atoms with Gasteiger partial charge in [0, 0.05) is 63.0 Å². The maximum absolute atomic E-state index is 12.9. The Labute approximate surface area is 239 Å². The van der Waals surface area contributed by atoms with Gasteiger partial charge in [0.05, 0.1) is 11.1 Å². The number of piperazine rings is 1. The Morgan fingerprint density at radius 1 is 0.951 bits per heavy atom. The van der Waals surface area contributed by atoms with E-state index in [1.165, 1.54) is 34.5 Å². The van der Waals surface area contributed by atoms with Gasteiger partial charge in [-0.15, -0.1) is 0 Å². The van der Waals surface area contributed by atoms with E-state index in [0.717, 1.165) is 38.3 Å². The number of hydrogen-bond donors (Lipinski definition) is 1. The predicted molar refractivity (Wildman–Crippen MR) is 160 cm³/mol. The zero-order valence-corrected chi connectivity index (χ0v) is 23.2. The van der Waals surface area contributed by atoms with Crippen LogP contribution in [0.1, 0.15) is 33.8 Å². The van der Waals surface area contributed by atoms with Gasteiger partial charge in [-0.1, -0.05) is 48.5 Å². The lowest BCUT2D eigenvalue weighted by atomic mass is 9.98. The number of carbonyl (C=O) groups is 2. The molecule has 6 rings (SSSR count). The molecule has 0 unspecified atom stereocenters. The van der Waals surface area contributed by atoms with Crippen LogP contribution in [0.4, 0.5) is 10.5 Å². The molecule has 2 heterocycles. The summed E-state index contributed by atoms with van der Waals surface area (Å²) >= 11 is 0. The van der Waals surface area contributed by atoms with Gasteiger partial charge >= 0.3 is 12.1 Å². The van der Waals surface area contributed by atoms with E-state index < -0.39 is 5.97 Å². The molecule has 1 aliphatic heterocycles. The molecule has 0 saturated carbocycles. The van der Waals surface area contributed by atoms with E-state index in [9.17, 15) is 14.7 Å². The molecule has 2 aliphatic rings. The summed E-state index contributed by atoms with van der Waals surface area (Å²) in [4.78, 5) is 35.2. The van der Waals surface area contributed by atoms with E-state index >= 15 is 0 Å². The summed E-state index contributed by atoms with van der Waals surface area (Å²) in [5, 5.41) is 10.2. The summed E-state index contributed by atoms with van der Waals surface area (Å²) in [5.74, 6) is -0.881. The third kappa shape index (κ3) is 5.47. The zero-order chi connectivity index (χ0) is 28.3. The number of fused-ring (bicyclic) bond motifs is 4. The summed E-state index contributed by atoms with van der Waals surface area (Å²) in [7, 11) is 2.02. The first-order valence-corrected chi connectivity index (χ1v) is 14.1. The van der Waals surface area contributed by atoms with Crippen molar-refractivity contribution in [1.29, 1.82) is 0 Å². The molecule has 0 atom stereocenters.